The highest BCUT2D eigenvalue weighted by Gasteiger charge is 2.18. The SMILES string of the molecule is CCc1ccc(CC)c(C(=O)COC(=O)c2ccccc2NS(C)(=O)=O)c1. The summed E-state index contributed by atoms with van der Waals surface area (Å²) in [4.78, 5) is 24.9. The molecule has 0 atom stereocenters. The molecule has 0 fully saturated rings. The molecule has 0 aliphatic rings. The lowest BCUT2D eigenvalue weighted by molar-refractivity contribution is 0.0475. The predicted octanol–water partition coefficient (Wildman–Crippen LogP) is 3.22. The van der Waals surface area contributed by atoms with Gasteiger partial charge >= 0.3 is 5.97 Å². The second-order valence-electron chi connectivity index (χ2n) is 6.12. The van der Waals surface area contributed by atoms with Crippen molar-refractivity contribution in [2.75, 3.05) is 17.6 Å². The van der Waals surface area contributed by atoms with E-state index in [-0.39, 0.29) is 17.0 Å². The molecule has 2 aromatic carbocycles. The van der Waals surface area contributed by atoms with Gasteiger partial charge in [-0.25, -0.2) is 13.2 Å². The summed E-state index contributed by atoms with van der Waals surface area (Å²) in [7, 11) is -3.55. The molecule has 7 heteroatoms. The van der Waals surface area contributed by atoms with Crippen LogP contribution in [0.15, 0.2) is 42.5 Å². The zero-order chi connectivity index (χ0) is 20.0. The van der Waals surface area contributed by atoms with Gasteiger partial charge in [0.15, 0.2) is 6.61 Å². The lowest BCUT2D eigenvalue weighted by atomic mass is 9.98. The van der Waals surface area contributed by atoms with Crippen LogP contribution in [0.3, 0.4) is 0 Å². The standard InChI is InChI=1S/C20H23NO5S/c1-4-14-10-11-15(5-2)17(12-14)19(22)13-26-20(23)16-8-6-7-9-18(16)21-27(3,24)25/h6-12,21H,4-5,13H2,1-3H3. The van der Waals surface area contributed by atoms with Gasteiger partial charge in [-0.1, -0.05) is 38.1 Å². The first-order valence-corrected chi connectivity index (χ1v) is 10.5. The van der Waals surface area contributed by atoms with E-state index in [2.05, 4.69) is 4.72 Å². The molecular formula is C20H23NO5S. The Morgan fingerprint density at radius 1 is 1.00 bits per heavy atom. The Morgan fingerprint density at radius 3 is 2.33 bits per heavy atom. The minimum absolute atomic E-state index is 0.0498. The van der Waals surface area contributed by atoms with E-state index >= 15 is 0 Å². The van der Waals surface area contributed by atoms with Gasteiger partial charge in [-0.2, -0.15) is 0 Å². The Bertz CT molecular complexity index is 951. The number of ether oxygens (including phenoxy) is 1. The fourth-order valence-corrected chi connectivity index (χ4v) is 3.23. The van der Waals surface area contributed by atoms with Crippen LogP contribution in [0.5, 0.6) is 0 Å². The molecule has 1 N–H and O–H groups in total. The van der Waals surface area contributed by atoms with Crippen molar-refractivity contribution >= 4 is 27.5 Å². The summed E-state index contributed by atoms with van der Waals surface area (Å²) in [5, 5.41) is 0. The summed E-state index contributed by atoms with van der Waals surface area (Å²) in [5.41, 5.74) is 2.64. The molecule has 2 aromatic rings. The molecule has 0 radical (unpaired) electrons. The second kappa shape index (κ2) is 8.81. The minimum atomic E-state index is -3.55. The lowest BCUT2D eigenvalue weighted by Gasteiger charge is -2.12. The summed E-state index contributed by atoms with van der Waals surface area (Å²) in [6.07, 6.45) is 2.49. The van der Waals surface area contributed by atoms with Gasteiger partial charge in [-0.3, -0.25) is 9.52 Å². The van der Waals surface area contributed by atoms with Gasteiger partial charge in [-0.05, 0) is 42.2 Å². The molecule has 0 amide bonds. The van der Waals surface area contributed by atoms with Gasteiger partial charge in [0.1, 0.15) is 0 Å². The Hall–Kier alpha value is -2.67. The number of para-hydroxylation sites is 1. The van der Waals surface area contributed by atoms with E-state index in [9.17, 15) is 18.0 Å². The van der Waals surface area contributed by atoms with Crippen molar-refractivity contribution in [3.8, 4) is 0 Å². The van der Waals surface area contributed by atoms with Crippen LogP contribution in [-0.4, -0.2) is 33.0 Å². The van der Waals surface area contributed by atoms with Gasteiger partial charge in [0.05, 0.1) is 17.5 Å². The second-order valence-corrected chi connectivity index (χ2v) is 7.87. The largest absolute Gasteiger partial charge is 0.454 e. The van der Waals surface area contributed by atoms with Crippen molar-refractivity contribution < 1.29 is 22.7 Å². The van der Waals surface area contributed by atoms with E-state index in [1.807, 2.05) is 32.0 Å². The van der Waals surface area contributed by atoms with Crippen molar-refractivity contribution in [1.29, 1.82) is 0 Å². The number of carbonyl (C=O) groups is 2. The van der Waals surface area contributed by atoms with Crippen LogP contribution in [0.4, 0.5) is 5.69 Å². The fraction of sp³-hybridized carbons (Fsp3) is 0.300. The Labute approximate surface area is 159 Å². The van der Waals surface area contributed by atoms with E-state index in [1.54, 1.807) is 12.1 Å². The van der Waals surface area contributed by atoms with Gasteiger partial charge < -0.3 is 4.74 Å². The van der Waals surface area contributed by atoms with Crippen molar-refractivity contribution in [1.82, 2.24) is 0 Å². The first-order chi connectivity index (χ1) is 12.7. The normalized spacial score (nSPS) is 11.1. The van der Waals surface area contributed by atoms with Crippen LogP contribution >= 0.6 is 0 Å². The maximum absolute atomic E-state index is 12.6. The average Bonchev–Trinajstić information content (AvgIpc) is 2.64. The Kier molecular flexibility index (Phi) is 6.74. The quantitative estimate of drug-likeness (QED) is 0.553. The van der Waals surface area contributed by atoms with Gasteiger partial charge in [0.2, 0.25) is 15.8 Å². The van der Waals surface area contributed by atoms with Gasteiger partial charge in [-0.15, -0.1) is 0 Å². The first-order valence-electron chi connectivity index (χ1n) is 8.64. The molecule has 0 saturated heterocycles. The van der Waals surface area contributed by atoms with Crippen LogP contribution in [0.25, 0.3) is 0 Å². The van der Waals surface area contributed by atoms with Crippen molar-refractivity contribution in [3.63, 3.8) is 0 Å². The molecular weight excluding hydrogens is 366 g/mol. The summed E-state index contributed by atoms with van der Waals surface area (Å²) in [6.45, 7) is 3.55. The summed E-state index contributed by atoms with van der Waals surface area (Å²) >= 11 is 0. The summed E-state index contributed by atoms with van der Waals surface area (Å²) < 4.78 is 30.3. The zero-order valence-corrected chi connectivity index (χ0v) is 16.4. The molecule has 2 rings (SSSR count). The first kappa shape index (κ1) is 20.6. The van der Waals surface area contributed by atoms with Crippen LogP contribution in [0.1, 0.15) is 45.7 Å². The number of benzene rings is 2. The number of hydrogen-bond donors (Lipinski definition) is 1. The molecule has 0 bridgehead atoms. The molecule has 0 unspecified atom stereocenters. The molecule has 0 aromatic heterocycles. The molecule has 6 nitrogen and oxygen atoms in total. The number of ketones is 1. The van der Waals surface area contributed by atoms with Crippen molar-refractivity contribution in [2.45, 2.75) is 26.7 Å². The molecule has 0 heterocycles. The van der Waals surface area contributed by atoms with Crippen LogP contribution in [0, 0.1) is 0 Å². The molecule has 0 aliphatic heterocycles. The van der Waals surface area contributed by atoms with E-state index in [4.69, 9.17) is 4.74 Å². The third-order valence-electron chi connectivity index (χ3n) is 4.04. The molecule has 0 aliphatic carbocycles. The highest BCUT2D eigenvalue weighted by atomic mass is 32.2. The number of rotatable bonds is 8. The minimum Gasteiger partial charge on any atom is -0.454 e. The van der Waals surface area contributed by atoms with Crippen molar-refractivity contribution in [3.05, 3.63) is 64.7 Å². The Morgan fingerprint density at radius 2 is 1.70 bits per heavy atom. The van der Waals surface area contributed by atoms with Gasteiger partial charge in [0, 0.05) is 5.56 Å². The topological polar surface area (TPSA) is 89.5 Å². The van der Waals surface area contributed by atoms with Gasteiger partial charge in [0.25, 0.3) is 0 Å². The highest BCUT2D eigenvalue weighted by molar-refractivity contribution is 7.92. The van der Waals surface area contributed by atoms with E-state index in [0.717, 1.165) is 23.8 Å². The number of esters is 1. The Balaban J connectivity index is 2.16. The van der Waals surface area contributed by atoms with E-state index in [0.29, 0.717) is 12.0 Å². The summed E-state index contributed by atoms with van der Waals surface area (Å²) in [6, 6.07) is 11.8. The highest BCUT2D eigenvalue weighted by Crippen LogP contribution is 2.18. The van der Waals surface area contributed by atoms with Crippen LogP contribution < -0.4 is 4.72 Å². The number of anilines is 1. The predicted molar refractivity (Wildman–Crippen MR) is 105 cm³/mol. The number of hydrogen-bond acceptors (Lipinski definition) is 5. The van der Waals surface area contributed by atoms with Crippen LogP contribution in [-0.2, 0) is 27.6 Å². The molecule has 0 saturated carbocycles. The number of Topliss-reactive ketones (excluding diaryl/α,β-unsaturated/α-hetero) is 1. The maximum atomic E-state index is 12.6. The smallest absolute Gasteiger partial charge is 0.340 e. The fourth-order valence-electron chi connectivity index (χ4n) is 2.65. The molecule has 144 valence electrons. The van der Waals surface area contributed by atoms with E-state index < -0.39 is 22.6 Å². The maximum Gasteiger partial charge on any atom is 0.340 e. The zero-order valence-electron chi connectivity index (χ0n) is 15.6. The number of carbonyl (C=O) groups excluding carboxylic acids is 2. The number of aryl methyl sites for hydroxylation is 2. The monoisotopic (exact) mass is 389 g/mol. The number of nitrogens with one attached hydrogen (secondary N) is 1. The summed E-state index contributed by atoms with van der Waals surface area (Å²) in [5.74, 6) is -1.05. The third-order valence-corrected chi connectivity index (χ3v) is 4.63. The molecule has 27 heavy (non-hydrogen) atoms. The lowest BCUT2D eigenvalue weighted by Crippen LogP contribution is -2.18. The molecule has 0 spiro atoms. The van der Waals surface area contributed by atoms with E-state index in [1.165, 1.54) is 12.1 Å². The average molecular weight is 389 g/mol. The van der Waals surface area contributed by atoms with Crippen molar-refractivity contribution in [2.24, 2.45) is 0 Å². The number of sulfonamides is 1. The third kappa shape index (κ3) is 5.65. The van der Waals surface area contributed by atoms with Crippen LogP contribution in [0.2, 0.25) is 0 Å².